The summed E-state index contributed by atoms with van der Waals surface area (Å²) in [6.07, 6.45) is 3.45. The van der Waals surface area contributed by atoms with Crippen LogP contribution in [-0.4, -0.2) is 23.9 Å². The Balaban J connectivity index is 2.18. The van der Waals surface area contributed by atoms with Crippen molar-refractivity contribution < 1.29 is 9.72 Å². The second kappa shape index (κ2) is 6.76. The predicted octanol–water partition coefficient (Wildman–Crippen LogP) is 3.21. The van der Waals surface area contributed by atoms with E-state index in [4.69, 9.17) is 11.6 Å². The lowest BCUT2D eigenvalue weighted by Gasteiger charge is -2.25. The van der Waals surface area contributed by atoms with Crippen LogP contribution in [0.1, 0.15) is 36.5 Å². The number of benzene rings is 1. The largest absolute Gasteiger partial charge is 0.379 e. The van der Waals surface area contributed by atoms with Crippen molar-refractivity contribution in [2.75, 3.05) is 18.4 Å². The lowest BCUT2D eigenvalue weighted by molar-refractivity contribution is -0.384. The van der Waals surface area contributed by atoms with Gasteiger partial charge in [0.25, 0.3) is 11.6 Å². The molecule has 1 saturated carbocycles. The molecule has 0 heterocycles. The molecule has 1 aromatic rings. The van der Waals surface area contributed by atoms with Crippen molar-refractivity contribution in [3.63, 3.8) is 0 Å². The van der Waals surface area contributed by atoms with Crippen molar-refractivity contribution in [3.8, 4) is 0 Å². The van der Waals surface area contributed by atoms with E-state index >= 15 is 0 Å². The Morgan fingerprint density at radius 1 is 1.48 bits per heavy atom. The van der Waals surface area contributed by atoms with Crippen LogP contribution >= 0.6 is 11.6 Å². The minimum absolute atomic E-state index is 0.180. The monoisotopic (exact) mass is 311 g/mol. The standard InChI is InChI=1S/C14H18ClN3O3/c1-2-16-13-11(15)6-10(7-12(13)18(20)21)14(19)17-8-9-4-3-5-9/h6-7,9,16H,2-5,8H2,1H3,(H,17,19). The van der Waals surface area contributed by atoms with Crippen LogP contribution in [0.2, 0.25) is 5.02 Å². The number of anilines is 1. The fourth-order valence-corrected chi connectivity index (χ4v) is 2.54. The zero-order valence-electron chi connectivity index (χ0n) is 11.8. The van der Waals surface area contributed by atoms with E-state index in [-0.39, 0.29) is 27.9 Å². The Hall–Kier alpha value is -1.82. The average molecular weight is 312 g/mol. The first-order chi connectivity index (χ1) is 10.0. The maximum Gasteiger partial charge on any atom is 0.294 e. The first-order valence-electron chi connectivity index (χ1n) is 7.03. The highest BCUT2D eigenvalue weighted by Gasteiger charge is 2.22. The van der Waals surface area contributed by atoms with Crippen molar-refractivity contribution >= 4 is 28.9 Å². The molecule has 7 heteroatoms. The summed E-state index contributed by atoms with van der Waals surface area (Å²) in [6.45, 7) is 2.94. The van der Waals surface area contributed by atoms with Gasteiger partial charge in [-0.1, -0.05) is 18.0 Å². The minimum Gasteiger partial charge on any atom is -0.379 e. The molecule has 2 N–H and O–H groups in total. The third kappa shape index (κ3) is 3.64. The normalized spacial score (nSPS) is 14.4. The molecule has 1 aliphatic carbocycles. The van der Waals surface area contributed by atoms with Crippen LogP contribution in [0.5, 0.6) is 0 Å². The van der Waals surface area contributed by atoms with Gasteiger partial charge in [-0.3, -0.25) is 14.9 Å². The van der Waals surface area contributed by atoms with Crippen LogP contribution in [0.25, 0.3) is 0 Å². The number of nitro groups is 1. The summed E-state index contributed by atoms with van der Waals surface area (Å²) in [4.78, 5) is 22.7. The zero-order valence-corrected chi connectivity index (χ0v) is 12.6. The summed E-state index contributed by atoms with van der Waals surface area (Å²) in [5, 5.41) is 17.0. The second-order valence-electron chi connectivity index (χ2n) is 5.15. The maximum atomic E-state index is 12.1. The van der Waals surface area contributed by atoms with Gasteiger partial charge in [-0.05, 0) is 31.7 Å². The number of carbonyl (C=O) groups excluding carboxylic acids is 1. The quantitative estimate of drug-likeness (QED) is 0.624. The summed E-state index contributed by atoms with van der Waals surface area (Å²) in [6, 6.07) is 2.72. The molecule has 0 aromatic heterocycles. The van der Waals surface area contributed by atoms with Gasteiger partial charge in [0, 0.05) is 24.7 Å². The number of nitro benzene ring substituents is 1. The van der Waals surface area contributed by atoms with Gasteiger partial charge in [-0.15, -0.1) is 0 Å². The van der Waals surface area contributed by atoms with E-state index < -0.39 is 4.92 Å². The molecule has 0 aliphatic heterocycles. The number of rotatable bonds is 6. The first kappa shape index (κ1) is 15.6. The van der Waals surface area contributed by atoms with E-state index in [2.05, 4.69) is 10.6 Å². The lowest BCUT2D eigenvalue weighted by atomic mass is 9.85. The van der Waals surface area contributed by atoms with Gasteiger partial charge >= 0.3 is 0 Å². The highest BCUT2D eigenvalue weighted by atomic mass is 35.5. The van der Waals surface area contributed by atoms with Gasteiger partial charge in [0.05, 0.1) is 9.95 Å². The van der Waals surface area contributed by atoms with E-state index in [9.17, 15) is 14.9 Å². The van der Waals surface area contributed by atoms with Crippen LogP contribution < -0.4 is 10.6 Å². The van der Waals surface area contributed by atoms with E-state index in [0.717, 1.165) is 12.8 Å². The fraction of sp³-hybridized carbons (Fsp3) is 0.500. The molecule has 0 unspecified atom stereocenters. The third-order valence-electron chi connectivity index (χ3n) is 3.66. The fourth-order valence-electron chi connectivity index (χ4n) is 2.26. The molecule has 1 amide bonds. The van der Waals surface area contributed by atoms with Crippen LogP contribution in [0.4, 0.5) is 11.4 Å². The van der Waals surface area contributed by atoms with Crippen molar-refractivity contribution in [1.82, 2.24) is 5.32 Å². The van der Waals surface area contributed by atoms with Gasteiger partial charge in [-0.25, -0.2) is 0 Å². The number of amides is 1. The van der Waals surface area contributed by atoms with Gasteiger partial charge in [-0.2, -0.15) is 0 Å². The molecular weight excluding hydrogens is 294 g/mol. The number of halogens is 1. The van der Waals surface area contributed by atoms with E-state index in [1.54, 1.807) is 0 Å². The summed E-state index contributed by atoms with van der Waals surface area (Å²) in [5.74, 6) is 0.204. The summed E-state index contributed by atoms with van der Waals surface area (Å²) in [5.41, 5.74) is 0.283. The topological polar surface area (TPSA) is 84.3 Å². The van der Waals surface area contributed by atoms with Crippen LogP contribution in [0, 0.1) is 16.0 Å². The van der Waals surface area contributed by atoms with Crippen molar-refractivity contribution in [2.45, 2.75) is 26.2 Å². The van der Waals surface area contributed by atoms with Gasteiger partial charge in [0.2, 0.25) is 0 Å². The molecular formula is C14H18ClN3O3. The Bertz CT molecular complexity index is 559. The molecule has 0 bridgehead atoms. The summed E-state index contributed by atoms with van der Waals surface area (Å²) < 4.78 is 0. The lowest BCUT2D eigenvalue weighted by Crippen LogP contribution is -2.32. The van der Waals surface area contributed by atoms with Crippen molar-refractivity contribution in [1.29, 1.82) is 0 Å². The molecule has 1 aliphatic rings. The van der Waals surface area contributed by atoms with E-state index in [0.29, 0.717) is 19.0 Å². The molecule has 6 nitrogen and oxygen atoms in total. The molecule has 21 heavy (non-hydrogen) atoms. The SMILES string of the molecule is CCNc1c(Cl)cc(C(=O)NCC2CCC2)cc1[N+](=O)[O-]. The molecule has 0 atom stereocenters. The van der Waals surface area contributed by atoms with Crippen LogP contribution in [0.3, 0.4) is 0 Å². The van der Waals surface area contributed by atoms with Gasteiger partial charge < -0.3 is 10.6 Å². The molecule has 1 aromatic carbocycles. The summed E-state index contributed by atoms with van der Waals surface area (Å²) >= 11 is 6.06. The minimum atomic E-state index is -0.535. The Labute approximate surface area is 128 Å². The Kier molecular flexibility index (Phi) is 5.01. The molecule has 2 rings (SSSR count). The maximum absolute atomic E-state index is 12.1. The van der Waals surface area contributed by atoms with Gasteiger partial charge in [0.15, 0.2) is 0 Å². The van der Waals surface area contributed by atoms with E-state index in [1.165, 1.54) is 18.6 Å². The molecule has 0 radical (unpaired) electrons. The third-order valence-corrected chi connectivity index (χ3v) is 3.96. The number of carbonyl (C=O) groups is 1. The Morgan fingerprint density at radius 3 is 2.71 bits per heavy atom. The predicted molar refractivity (Wildman–Crippen MR) is 81.9 cm³/mol. The smallest absolute Gasteiger partial charge is 0.294 e. The van der Waals surface area contributed by atoms with Crippen LogP contribution in [-0.2, 0) is 0 Å². The molecule has 0 spiro atoms. The highest BCUT2D eigenvalue weighted by Crippen LogP contribution is 2.33. The number of hydrogen-bond acceptors (Lipinski definition) is 4. The van der Waals surface area contributed by atoms with Crippen molar-refractivity contribution in [3.05, 3.63) is 32.8 Å². The summed E-state index contributed by atoms with van der Waals surface area (Å²) in [7, 11) is 0. The van der Waals surface area contributed by atoms with Crippen molar-refractivity contribution in [2.24, 2.45) is 5.92 Å². The number of hydrogen-bond donors (Lipinski definition) is 2. The molecule has 0 saturated heterocycles. The van der Waals surface area contributed by atoms with Crippen LogP contribution in [0.15, 0.2) is 12.1 Å². The highest BCUT2D eigenvalue weighted by molar-refractivity contribution is 6.34. The zero-order chi connectivity index (χ0) is 15.4. The average Bonchev–Trinajstić information content (AvgIpc) is 2.38. The van der Waals surface area contributed by atoms with Gasteiger partial charge in [0.1, 0.15) is 5.69 Å². The number of nitrogens with zero attached hydrogens (tertiary/aromatic N) is 1. The van der Waals surface area contributed by atoms with E-state index in [1.807, 2.05) is 6.92 Å². The first-order valence-corrected chi connectivity index (χ1v) is 7.40. The Morgan fingerprint density at radius 2 is 2.19 bits per heavy atom. The molecule has 1 fully saturated rings. The number of nitrogens with one attached hydrogen (secondary N) is 2. The molecule has 114 valence electrons. The second-order valence-corrected chi connectivity index (χ2v) is 5.55.